The van der Waals surface area contributed by atoms with E-state index >= 15 is 0 Å². The molecule has 0 atom stereocenters. The highest BCUT2D eigenvalue weighted by Crippen LogP contribution is 2.32. The van der Waals surface area contributed by atoms with Gasteiger partial charge in [-0.2, -0.15) is 0 Å². The minimum atomic E-state index is -1.09. The molecule has 2 aromatic rings. The smallest absolute Gasteiger partial charge is 0.151 e. The highest BCUT2D eigenvalue weighted by atomic mass is 35.5. The van der Waals surface area contributed by atoms with Crippen LogP contribution in [0.15, 0.2) is 54.6 Å². The van der Waals surface area contributed by atoms with E-state index in [1.807, 2.05) is 48.5 Å². The summed E-state index contributed by atoms with van der Waals surface area (Å²) in [6.07, 6.45) is 1.09. The fourth-order valence-corrected chi connectivity index (χ4v) is 3.63. The molecule has 0 N–H and O–H groups in total. The summed E-state index contributed by atoms with van der Waals surface area (Å²) >= 11 is 6.09. The van der Waals surface area contributed by atoms with Gasteiger partial charge in [0.15, 0.2) is 17.3 Å². The lowest BCUT2D eigenvalue weighted by Crippen LogP contribution is -2.38. The Bertz CT molecular complexity index is 780. The Balaban J connectivity index is 1.65. The van der Waals surface area contributed by atoms with Crippen LogP contribution in [0.4, 0.5) is 0 Å². The molecule has 0 unspecified atom stereocenters. The number of aryl methyl sites for hydroxylation is 1. The first kappa shape index (κ1) is 17.6. The summed E-state index contributed by atoms with van der Waals surface area (Å²) in [5, 5.41) is 0.598. The Morgan fingerprint density at radius 1 is 0.920 bits per heavy atom. The number of ketones is 3. The van der Waals surface area contributed by atoms with Crippen LogP contribution < -0.4 is 0 Å². The first-order valence-corrected chi connectivity index (χ1v) is 8.80. The van der Waals surface area contributed by atoms with Gasteiger partial charge in [-0.25, -0.2) is 0 Å². The molecular weight excluding hydrogens is 336 g/mol. The van der Waals surface area contributed by atoms with Crippen LogP contribution in [-0.4, -0.2) is 17.3 Å². The third-order valence-electron chi connectivity index (χ3n) is 4.73. The van der Waals surface area contributed by atoms with Crippen molar-refractivity contribution in [2.45, 2.75) is 31.6 Å². The van der Waals surface area contributed by atoms with Crippen LogP contribution in [0.2, 0.25) is 5.02 Å². The van der Waals surface area contributed by atoms with Gasteiger partial charge in [0.25, 0.3) is 0 Å². The van der Waals surface area contributed by atoms with Gasteiger partial charge in [-0.3, -0.25) is 14.4 Å². The molecule has 0 amide bonds. The Labute approximate surface area is 152 Å². The second-order valence-corrected chi connectivity index (χ2v) is 6.85. The zero-order valence-corrected chi connectivity index (χ0v) is 14.5. The summed E-state index contributed by atoms with van der Waals surface area (Å²) in [4.78, 5) is 37.3. The van der Waals surface area contributed by atoms with E-state index in [-0.39, 0.29) is 42.5 Å². The van der Waals surface area contributed by atoms with Gasteiger partial charge in [0.2, 0.25) is 0 Å². The quantitative estimate of drug-likeness (QED) is 0.757. The first-order valence-electron chi connectivity index (χ1n) is 8.42. The SMILES string of the molecule is O=C(CCc1ccccc1Cl)C1C(=O)CC(c2ccccc2)CC1=O. The van der Waals surface area contributed by atoms with Gasteiger partial charge in [-0.1, -0.05) is 60.1 Å². The number of carbonyl (C=O) groups excluding carboxylic acids is 3. The molecule has 3 rings (SSSR count). The molecule has 1 fully saturated rings. The first-order chi connectivity index (χ1) is 12.1. The Hall–Kier alpha value is -2.26. The lowest BCUT2D eigenvalue weighted by atomic mass is 9.74. The summed E-state index contributed by atoms with van der Waals surface area (Å²) in [5.41, 5.74) is 1.83. The predicted octanol–water partition coefficient (Wildman–Crippen LogP) is 4.17. The van der Waals surface area contributed by atoms with Gasteiger partial charge < -0.3 is 0 Å². The van der Waals surface area contributed by atoms with Crippen LogP contribution in [0.1, 0.15) is 36.3 Å². The third kappa shape index (κ3) is 4.05. The van der Waals surface area contributed by atoms with Crippen molar-refractivity contribution in [1.82, 2.24) is 0 Å². The molecule has 0 aromatic heterocycles. The minimum Gasteiger partial charge on any atom is -0.298 e. The van der Waals surface area contributed by atoms with Crippen LogP contribution >= 0.6 is 11.6 Å². The average molecular weight is 355 g/mol. The number of halogens is 1. The lowest BCUT2D eigenvalue weighted by Gasteiger charge is -2.26. The van der Waals surface area contributed by atoms with Gasteiger partial charge in [0, 0.05) is 24.3 Å². The monoisotopic (exact) mass is 354 g/mol. The molecule has 0 radical (unpaired) electrons. The maximum Gasteiger partial charge on any atom is 0.151 e. The van der Waals surface area contributed by atoms with Gasteiger partial charge >= 0.3 is 0 Å². The van der Waals surface area contributed by atoms with Crippen molar-refractivity contribution in [3.63, 3.8) is 0 Å². The third-order valence-corrected chi connectivity index (χ3v) is 5.10. The molecule has 128 valence electrons. The molecule has 25 heavy (non-hydrogen) atoms. The average Bonchev–Trinajstić information content (AvgIpc) is 2.61. The number of benzene rings is 2. The van der Waals surface area contributed by atoms with Crippen molar-refractivity contribution < 1.29 is 14.4 Å². The Morgan fingerprint density at radius 2 is 1.52 bits per heavy atom. The fraction of sp³-hybridized carbons (Fsp3) is 0.286. The topological polar surface area (TPSA) is 51.2 Å². The maximum atomic E-state index is 12.5. The maximum absolute atomic E-state index is 12.5. The second-order valence-electron chi connectivity index (χ2n) is 6.44. The summed E-state index contributed by atoms with van der Waals surface area (Å²) in [6, 6.07) is 16.8. The number of Topliss-reactive ketones (excluding diaryl/α,β-unsaturated/α-hetero) is 3. The molecule has 0 saturated heterocycles. The highest BCUT2D eigenvalue weighted by molar-refractivity contribution is 6.31. The summed E-state index contributed by atoms with van der Waals surface area (Å²) in [5.74, 6) is -2.01. The van der Waals surface area contributed by atoms with Crippen molar-refractivity contribution in [2.75, 3.05) is 0 Å². The largest absolute Gasteiger partial charge is 0.298 e. The molecule has 0 spiro atoms. The van der Waals surface area contributed by atoms with Gasteiger partial charge in [-0.05, 0) is 29.5 Å². The van der Waals surface area contributed by atoms with Crippen LogP contribution in [-0.2, 0) is 20.8 Å². The van der Waals surface area contributed by atoms with Crippen molar-refractivity contribution in [1.29, 1.82) is 0 Å². The zero-order valence-electron chi connectivity index (χ0n) is 13.8. The van der Waals surface area contributed by atoms with E-state index < -0.39 is 5.92 Å². The predicted molar refractivity (Wildman–Crippen MR) is 96.7 cm³/mol. The van der Waals surface area contributed by atoms with Crippen LogP contribution in [0.25, 0.3) is 0 Å². The number of hydrogen-bond acceptors (Lipinski definition) is 3. The van der Waals surface area contributed by atoms with Gasteiger partial charge in [0.05, 0.1) is 0 Å². The highest BCUT2D eigenvalue weighted by Gasteiger charge is 2.39. The molecule has 0 heterocycles. The van der Waals surface area contributed by atoms with Crippen molar-refractivity contribution in [3.8, 4) is 0 Å². The van der Waals surface area contributed by atoms with Gasteiger partial charge in [-0.15, -0.1) is 0 Å². The second kappa shape index (κ2) is 7.75. The van der Waals surface area contributed by atoms with E-state index in [4.69, 9.17) is 11.6 Å². The number of rotatable bonds is 5. The summed E-state index contributed by atoms with van der Waals surface area (Å²) in [6.45, 7) is 0. The van der Waals surface area contributed by atoms with Crippen molar-refractivity contribution >= 4 is 29.0 Å². The van der Waals surface area contributed by atoms with E-state index in [0.29, 0.717) is 11.4 Å². The van der Waals surface area contributed by atoms with Crippen molar-refractivity contribution in [3.05, 3.63) is 70.7 Å². The molecule has 1 aliphatic rings. The Morgan fingerprint density at radius 3 is 2.16 bits per heavy atom. The summed E-state index contributed by atoms with van der Waals surface area (Å²) < 4.78 is 0. The van der Waals surface area contributed by atoms with Crippen LogP contribution in [0, 0.1) is 5.92 Å². The molecular formula is C21H19ClO3. The molecule has 4 heteroatoms. The zero-order chi connectivity index (χ0) is 17.8. The standard InChI is InChI=1S/C21H19ClO3/c22-17-9-5-4-8-15(17)10-11-18(23)21-19(24)12-16(13-20(21)25)14-6-2-1-3-7-14/h1-9,16,21H,10-13H2. The molecule has 0 aliphatic heterocycles. The van der Waals surface area contributed by atoms with E-state index in [2.05, 4.69) is 0 Å². The molecule has 0 bridgehead atoms. The molecule has 3 nitrogen and oxygen atoms in total. The Kier molecular flexibility index (Phi) is 5.44. The van der Waals surface area contributed by atoms with Crippen LogP contribution in [0.3, 0.4) is 0 Å². The molecule has 1 saturated carbocycles. The van der Waals surface area contributed by atoms with E-state index in [0.717, 1.165) is 11.1 Å². The minimum absolute atomic E-state index is 0.117. The van der Waals surface area contributed by atoms with E-state index in [1.54, 1.807) is 6.07 Å². The molecule has 2 aromatic carbocycles. The van der Waals surface area contributed by atoms with Gasteiger partial charge in [0.1, 0.15) is 5.92 Å². The number of carbonyl (C=O) groups is 3. The summed E-state index contributed by atoms with van der Waals surface area (Å²) in [7, 11) is 0. The van der Waals surface area contributed by atoms with Crippen molar-refractivity contribution in [2.24, 2.45) is 5.92 Å². The van der Waals surface area contributed by atoms with E-state index in [1.165, 1.54) is 0 Å². The normalized spacial score (nSPS) is 20.5. The number of hydrogen-bond donors (Lipinski definition) is 0. The molecule has 1 aliphatic carbocycles. The van der Waals surface area contributed by atoms with E-state index in [9.17, 15) is 14.4 Å². The fourth-order valence-electron chi connectivity index (χ4n) is 3.40. The lowest BCUT2D eigenvalue weighted by molar-refractivity contribution is -0.142. The van der Waals surface area contributed by atoms with Crippen LogP contribution in [0.5, 0.6) is 0 Å².